The minimum absolute atomic E-state index is 0.0362. The number of thiophene rings is 1. The maximum Gasteiger partial charge on any atom is 0.317 e. The first-order valence-electron chi connectivity index (χ1n) is 6.97. The summed E-state index contributed by atoms with van der Waals surface area (Å²) < 4.78 is 1.03. The molecule has 0 spiro atoms. The summed E-state index contributed by atoms with van der Waals surface area (Å²) in [6, 6.07) is 4.34. The van der Waals surface area contributed by atoms with E-state index in [1.54, 1.807) is 11.3 Å². The van der Waals surface area contributed by atoms with Gasteiger partial charge in [-0.15, -0.1) is 11.3 Å². The van der Waals surface area contributed by atoms with Gasteiger partial charge in [-0.25, -0.2) is 0 Å². The van der Waals surface area contributed by atoms with Crippen LogP contribution in [0.3, 0.4) is 0 Å². The molecule has 21 heavy (non-hydrogen) atoms. The number of carboxylic acid groups (broad SMARTS) is 1. The van der Waals surface area contributed by atoms with Crippen molar-refractivity contribution < 1.29 is 14.7 Å². The van der Waals surface area contributed by atoms with Crippen molar-refractivity contribution in [2.75, 3.05) is 13.1 Å². The number of rotatable bonds is 7. The highest BCUT2D eigenvalue weighted by Crippen LogP contribution is 2.26. The molecule has 0 aliphatic heterocycles. The molecule has 0 radical (unpaired) electrons. The zero-order valence-electron chi connectivity index (χ0n) is 11.8. The Balaban J connectivity index is 1.72. The highest BCUT2D eigenvalue weighted by atomic mass is 79.9. The van der Waals surface area contributed by atoms with Gasteiger partial charge in [-0.1, -0.05) is 6.92 Å². The molecule has 1 fully saturated rings. The summed E-state index contributed by atoms with van der Waals surface area (Å²) in [7, 11) is 0. The third kappa shape index (κ3) is 4.79. The van der Waals surface area contributed by atoms with Crippen molar-refractivity contribution in [2.45, 2.75) is 38.3 Å². The van der Waals surface area contributed by atoms with Crippen molar-refractivity contribution in [1.29, 1.82) is 0 Å². The lowest BCUT2D eigenvalue weighted by Gasteiger charge is -2.42. The third-order valence-corrected chi connectivity index (χ3v) is 5.33. The van der Waals surface area contributed by atoms with Crippen molar-refractivity contribution in [3.05, 3.63) is 20.8 Å². The van der Waals surface area contributed by atoms with Gasteiger partial charge in [0.25, 0.3) is 0 Å². The van der Waals surface area contributed by atoms with Crippen molar-refractivity contribution in [2.24, 2.45) is 0 Å². The molecule has 116 valence electrons. The van der Waals surface area contributed by atoms with Crippen molar-refractivity contribution in [1.82, 2.24) is 10.2 Å². The van der Waals surface area contributed by atoms with Crippen LogP contribution in [0.1, 0.15) is 24.6 Å². The van der Waals surface area contributed by atoms with Gasteiger partial charge in [-0.3, -0.25) is 14.5 Å². The molecule has 0 atom stereocenters. The van der Waals surface area contributed by atoms with Crippen LogP contribution in [0.5, 0.6) is 0 Å². The van der Waals surface area contributed by atoms with Gasteiger partial charge < -0.3 is 10.4 Å². The molecule has 1 aromatic rings. The van der Waals surface area contributed by atoms with Crippen LogP contribution in [0.2, 0.25) is 0 Å². The summed E-state index contributed by atoms with van der Waals surface area (Å²) in [4.78, 5) is 25.7. The molecule has 1 aromatic heterocycles. The summed E-state index contributed by atoms with van der Waals surface area (Å²) in [5, 5.41) is 11.9. The molecule has 1 aliphatic rings. The molecule has 0 saturated heterocycles. The van der Waals surface area contributed by atoms with E-state index in [0.29, 0.717) is 6.42 Å². The Labute approximate surface area is 136 Å². The van der Waals surface area contributed by atoms with Gasteiger partial charge in [0.1, 0.15) is 0 Å². The van der Waals surface area contributed by atoms with E-state index in [4.69, 9.17) is 5.11 Å². The predicted octanol–water partition coefficient (Wildman–Crippen LogP) is 2.11. The molecule has 7 heteroatoms. The number of amides is 1. The molecule has 1 amide bonds. The van der Waals surface area contributed by atoms with Crippen molar-refractivity contribution in [3.8, 4) is 0 Å². The minimum Gasteiger partial charge on any atom is -0.480 e. The van der Waals surface area contributed by atoms with Crippen molar-refractivity contribution >= 4 is 39.1 Å². The smallest absolute Gasteiger partial charge is 0.317 e. The molecule has 0 bridgehead atoms. The molecule has 0 aromatic carbocycles. The number of carbonyl (C=O) groups is 2. The lowest BCUT2D eigenvalue weighted by molar-refractivity contribution is -0.139. The number of aliphatic carboxylic acids is 1. The number of carboxylic acids is 1. The van der Waals surface area contributed by atoms with Gasteiger partial charge in [0.15, 0.2) is 0 Å². The molecule has 2 N–H and O–H groups in total. The highest BCUT2D eigenvalue weighted by molar-refractivity contribution is 9.11. The summed E-state index contributed by atoms with van der Waals surface area (Å²) in [6.07, 6.45) is 2.08. The lowest BCUT2D eigenvalue weighted by Crippen LogP contribution is -2.55. The maximum atomic E-state index is 11.9. The molecule has 1 saturated carbocycles. The number of hydrogen-bond donors (Lipinski definition) is 2. The van der Waals surface area contributed by atoms with Gasteiger partial charge >= 0.3 is 5.97 Å². The summed E-state index contributed by atoms with van der Waals surface area (Å²) in [5.41, 5.74) is 0. The average molecular weight is 375 g/mol. The van der Waals surface area contributed by atoms with Gasteiger partial charge in [0, 0.05) is 17.0 Å². The number of halogens is 1. The molecule has 2 rings (SSSR count). The van der Waals surface area contributed by atoms with Crippen LogP contribution < -0.4 is 5.32 Å². The van der Waals surface area contributed by atoms with Crippen LogP contribution in [-0.4, -0.2) is 47.1 Å². The Morgan fingerprint density at radius 3 is 2.71 bits per heavy atom. The number of nitrogens with one attached hydrogen (secondary N) is 1. The quantitative estimate of drug-likeness (QED) is 0.766. The topological polar surface area (TPSA) is 69.6 Å². The fourth-order valence-corrected chi connectivity index (χ4v) is 4.04. The summed E-state index contributed by atoms with van der Waals surface area (Å²) in [6.45, 7) is 2.76. The molecule has 1 heterocycles. The van der Waals surface area contributed by atoms with E-state index < -0.39 is 5.97 Å². The van der Waals surface area contributed by atoms with E-state index in [0.717, 1.165) is 28.0 Å². The molecule has 5 nitrogen and oxygen atoms in total. The van der Waals surface area contributed by atoms with Gasteiger partial charge in [-0.2, -0.15) is 0 Å². The Bertz CT molecular complexity index is 514. The lowest BCUT2D eigenvalue weighted by atomic mass is 9.85. The van der Waals surface area contributed by atoms with Crippen LogP contribution in [0.15, 0.2) is 15.9 Å². The number of carbonyl (C=O) groups excluding carboxylic acids is 1. The average Bonchev–Trinajstić information content (AvgIpc) is 2.76. The van der Waals surface area contributed by atoms with Crippen LogP contribution in [-0.2, 0) is 16.0 Å². The second-order valence-electron chi connectivity index (χ2n) is 5.23. The second kappa shape index (κ2) is 7.38. The van der Waals surface area contributed by atoms with Crippen LogP contribution in [0, 0.1) is 0 Å². The number of nitrogens with zero attached hydrogens (tertiary/aromatic N) is 1. The van der Waals surface area contributed by atoms with E-state index >= 15 is 0 Å². The van der Waals surface area contributed by atoms with Gasteiger partial charge in [0.05, 0.1) is 16.8 Å². The minimum atomic E-state index is -0.799. The van der Waals surface area contributed by atoms with E-state index in [9.17, 15) is 9.59 Å². The number of likely N-dealkylation sites (N-methyl/N-ethyl adjacent to an activating group) is 1. The van der Waals surface area contributed by atoms with Gasteiger partial charge in [-0.05, 0) is 47.4 Å². The fourth-order valence-electron chi connectivity index (χ4n) is 2.56. The first kappa shape index (κ1) is 16.5. The van der Waals surface area contributed by atoms with E-state index in [1.165, 1.54) is 0 Å². The standard InChI is InChI=1S/C14H19BrN2O3S/c1-2-17(8-14(19)20)10-5-9(6-10)16-13(18)7-11-3-4-12(15)21-11/h3-4,9-10H,2,5-8H2,1H3,(H,16,18)(H,19,20). The van der Waals surface area contributed by atoms with E-state index in [-0.39, 0.29) is 24.5 Å². The third-order valence-electron chi connectivity index (χ3n) is 3.70. The first-order valence-corrected chi connectivity index (χ1v) is 8.58. The normalized spacial score (nSPS) is 21.1. The van der Waals surface area contributed by atoms with Crippen molar-refractivity contribution in [3.63, 3.8) is 0 Å². The maximum absolute atomic E-state index is 11.9. The fraction of sp³-hybridized carbons (Fsp3) is 0.571. The van der Waals surface area contributed by atoms with E-state index in [2.05, 4.69) is 21.2 Å². The highest BCUT2D eigenvalue weighted by Gasteiger charge is 2.34. The second-order valence-corrected chi connectivity index (χ2v) is 7.78. The molecular formula is C14H19BrN2O3S. The molecular weight excluding hydrogens is 356 g/mol. The Morgan fingerprint density at radius 1 is 1.48 bits per heavy atom. The Morgan fingerprint density at radius 2 is 2.19 bits per heavy atom. The van der Waals surface area contributed by atoms with E-state index in [1.807, 2.05) is 24.0 Å². The summed E-state index contributed by atoms with van der Waals surface area (Å²) in [5.74, 6) is -0.762. The first-order chi connectivity index (χ1) is 9.97. The zero-order chi connectivity index (χ0) is 15.4. The van der Waals surface area contributed by atoms with Gasteiger partial charge in [0.2, 0.25) is 5.91 Å². The Hall–Kier alpha value is -0.920. The monoisotopic (exact) mass is 374 g/mol. The SMILES string of the molecule is CCN(CC(=O)O)C1CC(NC(=O)Cc2ccc(Br)s2)C1. The van der Waals surface area contributed by atoms with Crippen LogP contribution >= 0.6 is 27.3 Å². The summed E-state index contributed by atoms with van der Waals surface area (Å²) >= 11 is 4.95. The Kier molecular flexibility index (Phi) is 5.78. The van der Waals surface area contributed by atoms with Crippen LogP contribution in [0.4, 0.5) is 0 Å². The van der Waals surface area contributed by atoms with Crippen LogP contribution in [0.25, 0.3) is 0 Å². The zero-order valence-corrected chi connectivity index (χ0v) is 14.2. The number of hydrogen-bond acceptors (Lipinski definition) is 4. The predicted molar refractivity (Wildman–Crippen MR) is 85.6 cm³/mol. The molecule has 0 unspecified atom stereocenters. The largest absolute Gasteiger partial charge is 0.480 e. The molecule has 1 aliphatic carbocycles.